The van der Waals surface area contributed by atoms with E-state index in [1.807, 2.05) is 45.0 Å². The van der Waals surface area contributed by atoms with Crippen molar-refractivity contribution >= 4 is 43.6 Å². The standard InChI is InChI=1S/C29H32BrNO3/c1-5-10-20-16-17-23(30)27-25(20)22(26(31-27)28(32)34-29(2,3)4)14-9-18-33-24-15-8-12-19-11-6-7-13-21(19)24/h6-8,11-13,15-17,31H,5,9-10,14,18H2,1-4H3. The zero-order chi connectivity index (χ0) is 24.3. The Morgan fingerprint density at radius 2 is 1.76 bits per heavy atom. The minimum atomic E-state index is -0.563. The summed E-state index contributed by atoms with van der Waals surface area (Å²) in [5.74, 6) is 0.571. The summed E-state index contributed by atoms with van der Waals surface area (Å²) in [5, 5.41) is 3.40. The van der Waals surface area contributed by atoms with Crippen molar-refractivity contribution in [1.82, 2.24) is 4.98 Å². The van der Waals surface area contributed by atoms with E-state index in [-0.39, 0.29) is 5.97 Å². The molecule has 0 aliphatic heterocycles. The predicted molar refractivity (Wildman–Crippen MR) is 143 cm³/mol. The number of aromatic nitrogens is 1. The average Bonchev–Trinajstić information content (AvgIpc) is 3.18. The molecular formula is C29H32BrNO3. The van der Waals surface area contributed by atoms with E-state index in [9.17, 15) is 4.79 Å². The molecule has 0 atom stereocenters. The van der Waals surface area contributed by atoms with Crippen LogP contribution in [0.15, 0.2) is 59.1 Å². The summed E-state index contributed by atoms with van der Waals surface area (Å²) in [4.78, 5) is 16.5. The molecule has 1 N–H and O–H groups in total. The van der Waals surface area contributed by atoms with Gasteiger partial charge in [0.2, 0.25) is 0 Å². The van der Waals surface area contributed by atoms with E-state index in [0.29, 0.717) is 18.7 Å². The van der Waals surface area contributed by atoms with Crippen LogP contribution in [0.1, 0.15) is 62.2 Å². The molecule has 0 bridgehead atoms. The van der Waals surface area contributed by atoms with E-state index in [4.69, 9.17) is 9.47 Å². The number of benzene rings is 3. The van der Waals surface area contributed by atoms with Gasteiger partial charge in [-0.1, -0.05) is 55.8 Å². The normalized spacial score (nSPS) is 11.8. The monoisotopic (exact) mass is 521 g/mol. The molecule has 0 fully saturated rings. The molecule has 0 spiro atoms. The molecule has 178 valence electrons. The first kappa shape index (κ1) is 24.3. The van der Waals surface area contributed by atoms with Crippen LogP contribution in [0.2, 0.25) is 0 Å². The Labute approximate surface area is 209 Å². The number of nitrogens with one attached hydrogen (secondary N) is 1. The Morgan fingerprint density at radius 3 is 2.53 bits per heavy atom. The molecule has 0 radical (unpaired) electrons. The first-order valence-corrected chi connectivity index (χ1v) is 12.7. The third kappa shape index (κ3) is 5.30. The second-order valence-corrected chi connectivity index (χ2v) is 10.5. The van der Waals surface area contributed by atoms with Crippen molar-refractivity contribution in [3.8, 4) is 5.75 Å². The maximum Gasteiger partial charge on any atom is 0.355 e. The second-order valence-electron chi connectivity index (χ2n) is 9.62. The number of halogens is 1. The van der Waals surface area contributed by atoms with E-state index < -0.39 is 5.60 Å². The molecule has 0 saturated heterocycles. The maximum atomic E-state index is 13.1. The number of hydrogen-bond acceptors (Lipinski definition) is 3. The Kier molecular flexibility index (Phi) is 7.32. The number of rotatable bonds is 8. The predicted octanol–water partition coefficient (Wildman–Crippen LogP) is 8.00. The van der Waals surface area contributed by atoms with E-state index in [2.05, 4.69) is 58.2 Å². The highest BCUT2D eigenvalue weighted by Gasteiger charge is 2.25. The fraction of sp³-hybridized carbons (Fsp3) is 0.345. The van der Waals surface area contributed by atoms with Crippen molar-refractivity contribution in [2.75, 3.05) is 6.61 Å². The first-order valence-electron chi connectivity index (χ1n) is 11.9. The molecule has 0 aliphatic carbocycles. The van der Waals surface area contributed by atoms with Crippen LogP contribution < -0.4 is 4.74 Å². The summed E-state index contributed by atoms with van der Waals surface area (Å²) >= 11 is 3.67. The van der Waals surface area contributed by atoms with Gasteiger partial charge >= 0.3 is 5.97 Å². The van der Waals surface area contributed by atoms with Crippen LogP contribution in [0.5, 0.6) is 5.75 Å². The topological polar surface area (TPSA) is 51.3 Å². The second kappa shape index (κ2) is 10.2. The Hall–Kier alpha value is -2.79. The summed E-state index contributed by atoms with van der Waals surface area (Å²) in [6, 6.07) is 18.6. The van der Waals surface area contributed by atoms with E-state index in [1.165, 1.54) is 5.56 Å². The molecular weight excluding hydrogens is 490 g/mol. The fourth-order valence-corrected chi connectivity index (χ4v) is 4.83. The van der Waals surface area contributed by atoms with Crippen molar-refractivity contribution < 1.29 is 14.3 Å². The van der Waals surface area contributed by atoms with E-state index >= 15 is 0 Å². The smallest absolute Gasteiger partial charge is 0.355 e. The molecule has 4 aromatic rings. The lowest BCUT2D eigenvalue weighted by Gasteiger charge is -2.19. The third-order valence-corrected chi connectivity index (χ3v) is 6.46. The van der Waals surface area contributed by atoms with Crippen molar-refractivity contribution in [1.29, 1.82) is 0 Å². The number of ether oxygens (including phenoxy) is 2. The van der Waals surface area contributed by atoms with Crippen LogP contribution in [0.3, 0.4) is 0 Å². The summed E-state index contributed by atoms with van der Waals surface area (Å²) in [7, 11) is 0. The molecule has 0 saturated carbocycles. The Bertz CT molecular complexity index is 1310. The molecule has 5 heteroatoms. The SMILES string of the molecule is CCCc1ccc(Br)c2[nH]c(C(=O)OC(C)(C)C)c(CCCOc3cccc4ccccc34)c12. The van der Waals surface area contributed by atoms with E-state index in [1.54, 1.807) is 0 Å². The third-order valence-electron chi connectivity index (χ3n) is 5.79. The van der Waals surface area contributed by atoms with Gasteiger partial charge in [0.25, 0.3) is 0 Å². The van der Waals surface area contributed by atoms with Gasteiger partial charge in [-0.25, -0.2) is 4.79 Å². The summed E-state index contributed by atoms with van der Waals surface area (Å²) in [6.45, 7) is 8.41. The maximum absolute atomic E-state index is 13.1. The van der Waals surface area contributed by atoms with Crippen LogP contribution in [0.4, 0.5) is 0 Å². The Morgan fingerprint density at radius 1 is 1.00 bits per heavy atom. The van der Waals surface area contributed by atoms with Crippen molar-refractivity contribution in [3.05, 3.63) is 75.9 Å². The summed E-state index contributed by atoms with van der Waals surface area (Å²) in [6.07, 6.45) is 3.48. The largest absolute Gasteiger partial charge is 0.493 e. The number of fused-ring (bicyclic) bond motifs is 2. The lowest BCUT2D eigenvalue weighted by atomic mass is 9.98. The summed E-state index contributed by atoms with van der Waals surface area (Å²) < 4.78 is 12.9. The zero-order valence-corrected chi connectivity index (χ0v) is 21.9. The molecule has 0 unspecified atom stereocenters. The highest BCUT2D eigenvalue weighted by atomic mass is 79.9. The zero-order valence-electron chi connectivity index (χ0n) is 20.3. The van der Waals surface area contributed by atoms with Gasteiger partial charge in [0.15, 0.2) is 0 Å². The van der Waals surface area contributed by atoms with Crippen LogP contribution >= 0.6 is 15.9 Å². The number of hydrogen-bond donors (Lipinski definition) is 1. The molecule has 0 aliphatic rings. The molecule has 4 rings (SSSR count). The molecule has 0 amide bonds. The highest BCUT2D eigenvalue weighted by molar-refractivity contribution is 9.10. The van der Waals surface area contributed by atoms with Gasteiger partial charge in [0.05, 0.1) is 12.1 Å². The first-order chi connectivity index (χ1) is 16.3. The minimum Gasteiger partial charge on any atom is -0.493 e. The quantitative estimate of drug-likeness (QED) is 0.188. The lowest BCUT2D eigenvalue weighted by Crippen LogP contribution is -2.24. The highest BCUT2D eigenvalue weighted by Crippen LogP contribution is 2.34. The number of esters is 1. The summed E-state index contributed by atoms with van der Waals surface area (Å²) in [5.41, 5.74) is 3.19. The average molecular weight is 522 g/mol. The van der Waals surface area contributed by atoms with E-state index in [0.717, 1.165) is 56.7 Å². The van der Waals surface area contributed by atoms with Gasteiger partial charge < -0.3 is 14.5 Å². The molecule has 1 heterocycles. The molecule has 1 aromatic heterocycles. The van der Waals surface area contributed by atoms with Gasteiger partial charge in [-0.15, -0.1) is 0 Å². The molecule has 3 aromatic carbocycles. The van der Waals surface area contributed by atoms with Crippen LogP contribution in [0, 0.1) is 0 Å². The number of aromatic amines is 1. The number of aryl methyl sites for hydroxylation is 2. The Balaban J connectivity index is 1.62. The van der Waals surface area contributed by atoms with Crippen molar-refractivity contribution in [2.45, 2.75) is 59.0 Å². The molecule has 34 heavy (non-hydrogen) atoms. The lowest BCUT2D eigenvalue weighted by molar-refractivity contribution is 0.00625. The van der Waals surface area contributed by atoms with Crippen LogP contribution in [-0.2, 0) is 17.6 Å². The van der Waals surface area contributed by atoms with Gasteiger partial charge in [-0.2, -0.15) is 0 Å². The van der Waals surface area contributed by atoms with Gasteiger partial charge in [0, 0.05) is 15.2 Å². The van der Waals surface area contributed by atoms with Gasteiger partial charge in [-0.3, -0.25) is 0 Å². The number of carbonyl (C=O) groups is 1. The van der Waals surface area contributed by atoms with Crippen molar-refractivity contribution in [3.63, 3.8) is 0 Å². The van der Waals surface area contributed by atoms with Gasteiger partial charge in [-0.05, 0) is 84.6 Å². The molecule has 4 nitrogen and oxygen atoms in total. The minimum absolute atomic E-state index is 0.317. The fourth-order valence-electron chi connectivity index (χ4n) is 4.40. The number of carbonyl (C=O) groups excluding carboxylic acids is 1. The van der Waals surface area contributed by atoms with Crippen LogP contribution in [-0.4, -0.2) is 23.2 Å². The van der Waals surface area contributed by atoms with Crippen molar-refractivity contribution in [2.24, 2.45) is 0 Å². The number of H-pyrrole nitrogens is 1. The van der Waals surface area contributed by atoms with Gasteiger partial charge in [0.1, 0.15) is 17.0 Å². The van der Waals surface area contributed by atoms with Crippen LogP contribution in [0.25, 0.3) is 21.7 Å².